The summed E-state index contributed by atoms with van der Waals surface area (Å²) in [5.74, 6) is 1.67. The van der Waals surface area contributed by atoms with Crippen LogP contribution in [0.3, 0.4) is 0 Å². The van der Waals surface area contributed by atoms with Crippen LogP contribution in [0.1, 0.15) is 33.6 Å². The minimum atomic E-state index is -0.126. The lowest BCUT2D eigenvalue weighted by molar-refractivity contribution is -0.143. The average molecular weight is 258 g/mol. The Morgan fingerprint density at radius 3 is 3.00 bits per heavy atom. The van der Waals surface area contributed by atoms with Crippen molar-refractivity contribution in [2.75, 3.05) is 18.9 Å². The van der Waals surface area contributed by atoms with Crippen LogP contribution in [0.4, 0.5) is 0 Å². The second kappa shape index (κ2) is 7.58. The molecule has 1 rings (SSSR count). The lowest BCUT2D eigenvalue weighted by Crippen LogP contribution is -2.41. The number of ether oxygens (including phenoxy) is 1. The topological polar surface area (TPSA) is 50.7 Å². The van der Waals surface area contributed by atoms with Gasteiger partial charge < -0.3 is 10.1 Å². The zero-order chi connectivity index (χ0) is 12.7. The highest BCUT2D eigenvalue weighted by Crippen LogP contribution is 2.19. The van der Waals surface area contributed by atoms with Crippen molar-refractivity contribution < 1.29 is 9.53 Å². The highest BCUT2D eigenvalue weighted by atomic mass is 32.2. The number of carbonyl (C=O) groups excluding carboxylic acids is 1. The van der Waals surface area contributed by atoms with Crippen molar-refractivity contribution in [2.45, 2.75) is 39.7 Å². The fourth-order valence-corrected chi connectivity index (χ4v) is 2.62. The van der Waals surface area contributed by atoms with Gasteiger partial charge in [0.15, 0.2) is 5.17 Å². The van der Waals surface area contributed by atoms with Gasteiger partial charge in [-0.25, -0.2) is 0 Å². The van der Waals surface area contributed by atoms with Gasteiger partial charge in [0, 0.05) is 24.8 Å². The van der Waals surface area contributed by atoms with Gasteiger partial charge in [0.05, 0.1) is 6.61 Å². The first-order valence-electron chi connectivity index (χ1n) is 6.23. The molecule has 0 bridgehead atoms. The van der Waals surface area contributed by atoms with Gasteiger partial charge in [0.25, 0.3) is 0 Å². The summed E-state index contributed by atoms with van der Waals surface area (Å²) in [6.07, 6.45) is 1.22. The van der Waals surface area contributed by atoms with Gasteiger partial charge in [-0.05, 0) is 26.2 Å². The van der Waals surface area contributed by atoms with Crippen LogP contribution >= 0.6 is 11.8 Å². The first kappa shape index (κ1) is 14.4. The summed E-state index contributed by atoms with van der Waals surface area (Å²) in [7, 11) is 0. The Kier molecular flexibility index (Phi) is 6.40. The summed E-state index contributed by atoms with van der Waals surface area (Å²) in [6, 6.07) is 0.486. The largest absolute Gasteiger partial charge is 0.466 e. The minimum Gasteiger partial charge on any atom is -0.466 e. The standard InChI is InChI=1S/C12H22N2O2S/c1-4-16-11(15)6-5-7-13-12-14-10(3)9(2)8-17-12/h9-10H,4-8H2,1-3H3,(H,13,14). The molecule has 5 heteroatoms. The normalized spacial score (nSPS) is 26.6. The molecule has 2 unspecified atom stereocenters. The molecule has 0 radical (unpaired) electrons. The number of rotatable bonds is 5. The SMILES string of the molecule is CCOC(=O)CCCN=C1NC(C)C(C)CS1. The molecule has 1 saturated heterocycles. The van der Waals surface area contributed by atoms with Crippen LogP contribution in [0.25, 0.3) is 0 Å². The van der Waals surface area contributed by atoms with Crippen molar-refractivity contribution in [3.63, 3.8) is 0 Å². The van der Waals surface area contributed by atoms with Gasteiger partial charge in [-0.2, -0.15) is 0 Å². The number of carbonyl (C=O) groups is 1. The number of aliphatic imine (C=N–C) groups is 1. The summed E-state index contributed by atoms with van der Waals surface area (Å²) in [6.45, 7) is 7.39. The molecule has 1 fully saturated rings. The highest BCUT2D eigenvalue weighted by molar-refractivity contribution is 8.13. The lowest BCUT2D eigenvalue weighted by Gasteiger charge is -2.28. The lowest BCUT2D eigenvalue weighted by atomic mass is 10.1. The molecule has 1 heterocycles. The quantitative estimate of drug-likeness (QED) is 0.605. The number of nitrogens with zero attached hydrogens (tertiary/aromatic N) is 1. The second-order valence-electron chi connectivity index (χ2n) is 4.32. The molecule has 17 heavy (non-hydrogen) atoms. The van der Waals surface area contributed by atoms with Crippen LogP contribution in [-0.2, 0) is 9.53 Å². The molecular formula is C12H22N2O2S. The predicted molar refractivity (Wildman–Crippen MR) is 72.4 cm³/mol. The molecule has 0 spiro atoms. The van der Waals surface area contributed by atoms with Gasteiger partial charge in [-0.15, -0.1) is 0 Å². The number of amidine groups is 1. The molecule has 0 aromatic carbocycles. The van der Waals surface area contributed by atoms with Crippen molar-refractivity contribution in [2.24, 2.45) is 10.9 Å². The molecule has 4 nitrogen and oxygen atoms in total. The third kappa shape index (κ3) is 5.44. The zero-order valence-corrected chi connectivity index (χ0v) is 11.7. The average Bonchev–Trinajstić information content (AvgIpc) is 2.29. The van der Waals surface area contributed by atoms with Crippen molar-refractivity contribution in [3.05, 3.63) is 0 Å². The minimum absolute atomic E-state index is 0.126. The maximum atomic E-state index is 11.1. The Hall–Kier alpha value is -0.710. The van der Waals surface area contributed by atoms with E-state index in [0.29, 0.717) is 31.5 Å². The third-order valence-corrected chi connectivity index (χ3v) is 4.00. The van der Waals surface area contributed by atoms with E-state index in [2.05, 4.69) is 24.2 Å². The van der Waals surface area contributed by atoms with Crippen molar-refractivity contribution >= 4 is 22.9 Å². The molecule has 0 amide bonds. The molecule has 1 N–H and O–H groups in total. The zero-order valence-electron chi connectivity index (χ0n) is 10.9. The summed E-state index contributed by atoms with van der Waals surface area (Å²) >= 11 is 1.77. The first-order chi connectivity index (χ1) is 8.13. The predicted octanol–water partition coefficient (Wildman–Crippen LogP) is 2.05. The van der Waals surface area contributed by atoms with Crippen LogP contribution < -0.4 is 5.32 Å². The smallest absolute Gasteiger partial charge is 0.305 e. The van der Waals surface area contributed by atoms with Gasteiger partial charge in [0.2, 0.25) is 0 Å². The van der Waals surface area contributed by atoms with E-state index in [1.807, 2.05) is 6.92 Å². The Labute approximate surface area is 108 Å². The van der Waals surface area contributed by atoms with Gasteiger partial charge in [0.1, 0.15) is 0 Å². The van der Waals surface area contributed by atoms with Gasteiger partial charge >= 0.3 is 5.97 Å². The molecule has 0 aliphatic carbocycles. The van der Waals surface area contributed by atoms with Gasteiger partial charge in [-0.1, -0.05) is 18.7 Å². The molecule has 98 valence electrons. The van der Waals surface area contributed by atoms with Crippen molar-refractivity contribution in [3.8, 4) is 0 Å². The van der Waals surface area contributed by atoms with Crippen molar-refractivity contribution in [1.29, 1.82) is 0 Å². The Morgan fingerprint density at radius 2 is 2.35 bits per heavy atom. The number of thioether (sulfide) groups is 1. The first-order valence-corrected chi connectivity index (χ1v) is 7.21. The molecular weight excluding hydrogens is 236 g/mol. The molecule has 0 aromatic rings. The Bertz CT molecular complexity index is 282. The van der Waals surface area contributed by atoms with E-state index in [1.165, 1.54) is 0 Å². The molecule has 2 atom stereocenters. The van der Waals surface area contributed by atoms with E-state index in [4.69, 9.17) is 4.74 Å². The second-order valence-corrected chi connectivity index (χ2v) is 5.33. The van der Waals surface area contributed by atoms with Crippen LogP contribution in [0.15, 0.2) is 4.99 Å². The van der Waals surface area contributed by atoms with E-state index >= 15 is 0 Å². The van der Waals surface area contributed by atoms with Crippen molar-refractivity contribution in [1.82, 2.24) is 5.32 Å². The fourth-order valence-electron chi connectivity index (χ4n) is 1.46. The van der Waals surface area contributed by atoms with E-state index in [-0.39, 0.29) is 5.97 Å². The monoisotopic (exact) mass is 258 g/mol. The van der Waals surface area contributed by atoms with Crippen LogP contribution in [-0.4, -0.2) is 36.1 Å². The van der Waals surface area contributed by atoms with E-state index in [9.17, 15) is 4.79 Å². The maximum Gasteiger partial charge on any atom is 0.305 e. The van der Waals surface area contributed by atoms with E-state index < -0.39 is 0 Å². The van der Waals surface area contributed by atoms with E-state index in [1.54, 1.807) is 11.8 Å². The maximum absolute atomic E-state index is 11.1. The van der Waals surface area contributed by atoms with E-state index in [0.717, 1.165) is 17.3 Å². The van der Waals surface area contributed by atoms with Gasteiger partial charge in [-0.3, -0.25) is 9.79 Å². The fraction of sp³-hybridized carbons (Fsp3) is 0.833. The molecule has 0 aromatic heterocycles. The van der Waals surface area contributed by atoms with Crippen LogP contribution in [0.5, 0.6) is 0 Å². The third-order valence-electron chi connectivity index (χ3n) is 2.79. The number of hydrogen-bond acceptors (Lipinski definition) is 4. The molecule has 1 aliphatic heterocycles. The van der Waals surface area contributed by atoms with Crippen LogP contribution in [0, 0.1) is 5.92 Å². The number of hydrogen-bond donors (Lipinski definition) is 1. The number of esters is 1. The van der Waals surface area contributed by atoms with Crippen LogP contribution in [0.2, 0.25) is 0 Å². The Balaban J connectivity index is 2.19. The summed E-state index contributed by atoms with van der Waals surface area (Å²) in [5, 5.41) is 4.39. The molecule has 1 aliphatic rings. The summed E-state index contributed by atoms with van der Waals surface area (Å²) in [4.78, 5) is 15.6. The number of nitrogens with one attached hydrogen (secondary N) is 1. The Morgan fingerprint density at radius 1 is 1.59 bits per heavy atom. The summed E-state index contributed by atoms with van der Waals surface area (Å²) in [5.41, 5.74) is 0. The highest BCUT2D eigenvalue weighted by Gasteiger charge is 2.20. The summed E-state index contributed by atoms with van der Waals surface area (Å²) < 4.78 is 4.86. The molecule has 0 saturated carbocycles.